The van der Waals surface area contributed by atoms with Crippen LogP contribution in [0.3, 0.4) is 0 Å². The summed E-state index contributed by atoms with van der Waals surface area (Å²) >= 11 is 0. The molecule has 0 aliphatic carbocycles. The van der Waals surface area contributed by atoms with Gasteiger partial charge in [-0.05, 0) is 6.42 Å². The summed E-state index contributed by atoms with van der Waals surface area (Å²) in [7, 11) is 1.26. The summed E-state index contributed by atoms with van der Waals surface area (Å²) in [5, 5.41) is 21.3. The van der Waals surface area contributed by atoms with E-state index in [-0.39, 0.29) is 19.0 Å². The quantitative estimate of drug-likeness (QED) is 0.605. The molecule has 0 aromatic heterocycles. The number of rotatable bonds is 2. The number of nitrogens with zero attached hydrogens (tertiary/aromatic N) is 2. The summed E-state index contributed by atoms with van der Waals surface area (Å²) in [5.41, 5.74) is 0. The largest absolute Gasteiger partial charge is 0.480 e. The van der Waals surface area contributed by atoms with E-state index in [9.17, 15) is 19.5 Å². The van der Waals surface area contributed by atoms with Crippen LogP contribution < -0.4 is 5.32 Å². The van der Waals surface area contributed by atoms with E-state index in [1.807, 2.05) is 0 Å². The first-order valence-electron chi connectivity index (χ1n) is 6.73. The molecule has 1 unspecified atom stereocenters. The number of carbonyl (C=O) groups excluding carboxylic acids is 2. The Balaban J connectivity index is 1.95. The number of amides is 3. The van der Waals surface area contributed by atoms with Gasteiger partial charge in [0.05, 0.1) is 19.3 Å². The van der Waals surface area contributed by atoms with Crippen molar-refractivity contribution in [1.29, 1.82) is 0 Å². The number of carbonyl (C=O) groups is 3. The average molecular weight is 301 g/mol. The number of likely N-dealkylation sites (tertiary alicyclic amines) is 2. The van der Waals surface area contributed by atoms with Crippen LogP contribution >= 0.6 is 0 Å². The zero-order valence-corrected chi connectivity index (χ0v) is 11.7. The van der Waals surface area contributed by atoms with Gasteiger partial charge in [-0.25, -0.2) is 14.4 Å². The zero-order chi connectivity index (χ0) is 15.6. The van der Waals surface area contributed by atoms with E-state index in [0.717, 1.165) is 0 Å². The van der Waals surface area contributed by atoms with Gasteiger partial charge in [0.1, 0.15) is 6.04 Å². The van der Waals surface area contributed by atoms with E-state index >= 15 is 0 Å². The van der Waals surface area contributed by atoms with Crippen LogP contribution in [0, 0.1) is 0 Å². The molecular weight excluding hydrogens is 282 g/mol. The molecule has 2 rings (SSSR count). The molecule has 2 fully saturated rings. The van der Waals surface area contributed by atoms with Crippen molar-refractivity contribution in [2.75, 3.05) is 26.7 Å². The van der Waals surface area contributed by atoms with E-state index < -0.39 is 30.2 Å². The molecule has 0 aromatic rings. The van der Waals surface area contributed by atoms with Gasteiger partial charge in [-0.1, -0.05) is 0 Å². The van der Waals surface area contributed by atoms with Crippen molar-refractivity contribution < 1.29 is 29.3 Å². The maximum Gasteiger partial charge on any atom is 0.407 e. The number of ether oxygens (including phenoxy) is 1. The van der Waals surface area contributed by atoms with Gasteiger partial charge in [-0.3, -0.25) is 0 Å². The maximum absolute atomic E-state index is 12.3. The number of nitrogens with one attached hydrogen (secondary N) is 1. The molecule has 3 N–H and O–H groups in total. The van der Waals surface area contributed by atoms with Crippen molar-refractivity contribution in [3.63, 3.8) is 0 Å². The summed E-state index contributed by atoms with van der Waals surface area (Å²) in [5.74, 6) is -1.12. The summed E-state index contributed by atoms with van der Waals surface area (Å²) in [6, 6.07) is -1.63. The molecule has 21 heavy (non-hydrogen) atoms. The second-order valence-electron chi connectivity index (χ2n) is 5.25. The molecule has 0 aromatic carbocycles. The summed E-state index contributed by atoms with van der Waals surface area (Å²) in [6.07, 6.45) is -0.760. The van der Waals surface area contributed by atoms with Gasteiger partial charge in [0.25, 0.3) is 0 Å². The Hall–Kier alpha value is -2.03. The number of urea groups is 1. The van der Waals surface area contributed by atoms with Crippen LogP contribution in [0.4, 0.5) is 9.59 Å². The molecule has 9 heteroatoms. The topological polar surface area (TPSA) is 119 Å². The van der Waals surface area contributed by atoms with Crippen molar-refractivity contribution in [3.05, 3.63) is 0 Å². The summed E-state index contributed by atoms with van der Waals surface area (Å²) < 4.78 is 4.50. The standard InChI is InChI=1S/C12H19N3O6/c1-21-11(19)13-7-2-3-14(5-7)12(20)15-6-8(16)4-9(15)10(17)18/h7-9,16H,2-6H2,1H3,(H,13,19)(H,17,18)/t7?,8-,9+/m1/s1. The van der Waals surface area contributed by atoms with Gasteiger partial charge in [-0.2, -0.15) is 0 Å². The molecule has 2 saturated heterocycles. The molecule has 0 spiro atoms. The van der Waals surface area contributed by atoms with Crippen molar-refractivity contribution >= 4 is 18.1 Å². The first-order chi connectivity index (χ1) is 9.92. The number of methoxy groups -OCH3 is 1. The lowest BCUT2D eigenvalue weighted by Gasteiger charge is -2.27. The predicted octanol–water partition coefficient (Wildman–Crippen LogP) is -0.943. The van der Waals surface area contributed by atoms with Gasteiger partial charge >= 0.3 is 18.1 Å². The van der Waals surface area contributed by atoms with Crippen molar-refractivity contribution in [3.8, 4) is 0 Å². The SMILES string of the molecule is COC(=O)NC1CCN(C(=O)N2C[C@H](O)C[C@H]2C(=O)O)C1. The van der Waals surface area contributed by atoms with Gasteiger partial charge in [0, 0.05) is 26.1 Å². The Labute approximate surface area is 121 Å². The van der Waals surface area contributed by atoms with E-state index in [2.05, 4.69) is 10.1 Å². The van der Waals surface area contributed by atoms with Crippen LogP contribution in [0.2, 0.25) is 0 Å². The van der Waals surface area contributed by atoms with Crippen LogP contribution in [0.25, 0.3) is 0 Å². The lowest BCUT2D eigenvalue weighted by molar-refractivity contribution is -0.141. The third-order valence-electron chi connectivity index (χ3n) is 3.78. The van der Waals surface area contributed by atoms with Crippen molar-refractivity contribution in [2.24, 2.45) is 0 Å². The number of hydrogen-bond acceptors (Lipinski definition) is 5. The first-order valence-corrected chi connectivity index (χ1v) is 6.73. The lowest BCUT2D eigenvalue weighted by Crippen LogP contribution is -2.48. The molecule has 2 heterocycles. The number of carboxylic acids is 1. The van der Waals surface area contributed by atoms with Crippen LogP contribution in [0.1, 0.15) is 12.8 Å². The number of aliphatic hydroxyl groups is 1. The monoisotopic (exact) mass is 301 g/mol. The molecular formula is C12H19N3O6. The summed E-state index contributed by atoms with van der Waals surface area (Å²) in [6.45, 7) is 0.737. The number of alkyl carbamates (subject to hydrolysis) is 1. The van der Waals surface area contributed by atoms with Crippen LogP contribution in [0.5, 0.6) is 0 Å². The molecule has 2 aliphatic rings. The first kappa shape index (κ1) is 15.4. The second kappa shape index (κ2) is 6.17. The Morgan fingerprint density at radius 2 is 2.00 bits per heavy atom. The number of aliphatic hydroxyl groups excluding tert-OH is 1. The molecule has 2 aliphatic heterocycles. The number of hydrogen-bond donors (Lipinski definition) is 3. The van der Waals surface area contributed by atoms with Crippen LogP contribution in [-0.2, 0) is 9.53 Å². The number of aliphatic carboxylic acids is 1. The lowest BCUT2D eigenvalue weighted by atomic mass is 10.2. The fourth-order valence-corrected chi connectivity index (χ4v) is 2.72. The average Bonchev–Trinajstić information content (AvgIpc) is 3.04. The molecule has 3 atom stereocenters. The Morgan fingerprint density at radius 3 is 2.62 bits per heavy atom. The smallest absolute Gasteiger partial charge is 0.407 e. The highest BCUT2D eigenvalue weighted by Gasteiger charge is 2.42. The second-order valence-corrected chi connectivity index (χ2v) is 5.25. The van der Waals surface area contributed by atoms with E-state index in [0.29, 0.717) is 19.5 Å². The number of carboxylic acid groups (broad SMARTS) is 1. The zero-order valence-electron chi connectivity index (χ0n) is 11.7. The van der Waals surface area contributed by atoms with E-state index in [1.54, 1.807) is 0 Å². The van der Waals surface area contributed by atoms with Crippen LogP contribution in [-0.4, -0.2) is 83.0 Å². The fraction of sp³-hybridized carbons (Fsp3) is 0.750. The highest BCUT2D eigenvalue weighted by atomic mass is 16.5. The maximum atomic E-state index is 12.3. The van der Waals surface area contributed by atoms with Gasteiger partial charge in [0.15, 0.2) is 0 Å². The molecule has 0 radical (unpaired) electrons. The molecule has 0 saturated carbocycles. The Bertz CT molecular complexity index is 443. The minimum atomic E-state index is -1.12. The van der Waals surface area contributed by atoms with Gasteiger partial charge in [0.2, 0.25) is 0 Å². The van der Waals surface area contributed by atoms with E-state index in [1.165, 1.54) is 16.9 Å². The molecule has 118 valence electrons. The highest BCUT2D eigenvalue weighted by Crippen LogP contribution is 2.22. The third-order valence-corrected chi connectivity index (χ3v) is 3.78. The normalized spacial score (nSPS) is 28.6. The fourth-order valence-electron chi connectivity index (χ4n) is 2.72. The molecule has 3 amide bonds. The van der Waals surface area contributed by atoms with Crippen molar-refractivity contribution in [1.82, 2.24) is 15.1 Å². The van der Waals surface area contributed by atoms with Crippen molar-refractivity contribution in [2.45, 2.75) is 31.0 Å². The van der Waals surface area contributed by atoms with Gasteiger partial charge in [-0.15, -0.1) is 0 Å². The van der Waals surface area contributed by atoms with Gasteiger partial charge < -0.3 is 30.1 Å². The molecule has 9 nitrogen and oxygen atoms in total. The minimum absolute atomic E-state index is 0.0153. The third kappa shape index (κ3) is 3.35. The Kier molecular flexibility index (Phi) is 4.51. The number of β-amino-alcohol motifs (C(OH)–C–C–N with tert-alkyl or cyclic N) is 1. The van der Waals surface area contributed by atoms with Crippen LogP contribution in [0.15, 0.2) is 0 Å². The van der Waals surface area contributed by atoms with E-state index in [4.69, 9.17) is 5.11 Å². The highest BCUT2D eigenvalue weighted by molar-refractivity contribution is 5.83. The molecule has 0 bridgehead atoms. The Morgan fingerprint density at radius 1 is 1.29 bits per heavy atom. The predicted molar refractivity (Wildman–Crippen MR) is 69.7 cm³/mol. The summed E-state index contributed by atoms with van der Waals surface area (Å²) in [4.78, 5) is 37.3. The minimum Gasteiger partial charge on any atom is -0.480 e.